The van der Waals surface area contributed by atoms with Gasteiger partial charge in [-0.3, -0.25) is 14.9 Å². The Morgan fingerprint density at radius 2 is 1.80 bits per heavy atom. The molecule has 0 bridgehead atoms. The maximum absolute atomic E-state index is 13.3. The molecule has 40 heavy (non-hydrogen) atoms. The number of benzene rings is 3. The molecule has 9 heteroatoms. The third-order valence-corrected chi connectivity index (χ3v) is 8.08. The van der Waals surface area contributed by atoms with Crippen LogP contribution in [0.4, 0.5) is 17.5 Å². The Labute approximate surface area is 232 Å². The van der Waals surface area contributed by atoms with Crippen molar-refractivity contribution < 1.29 is 9.72 Å². The summed E-state index contributed by atoms with van der Waals surface area (Å²) in [4.78, 5) is 35.6. The van der Waals surface area contributed by atoms with Gasteiger partial charge in [-0.25, -0.2) is 4.98 Å². The van der Waals surface area contributed by atoms with Gasteiger partial charge in [-0.2, -0.15) is 4.98 Å². The summed E-state index contributed by atoms with van der Waals surface area (Å²) in [5.74, 6) is 1.87. The first-order valence-corrected chi connectivity index (χ1v) is 13.8. The van der Waals surface area contributed by atoms with Crippen LogP contribution in [0.2, 0.25) is 0 Å². The Hall–Kier alpha value is -4.53. The molecule has 204 valence electrons. The second-order valence-corrected chi connectivity index (χ2v) is 11.0. The van der Waals surface area contributed by atoms with Crippen molar-refractivity contribution in [2.75, 3.05) is 30.9 Å². The summed E-state index contributed by atoms with van der Waals surface area (Å²) in [6, 6.07) is 19.0. The maximum Gasteiger partial charge on any atom is 0.269 e. The average molecular weight is 537 g/mol. The number of amides is 1. The van der Waals surface area contributed by atoms with Gasteiger partial charge in [0, 0.05) is 49.8 Å². The van der Waals surface area contributed by atoms with Crippen LogP contribution >= 0.6 is 0 Å². The Bertz CT molecular complexity index is 1610. The van der Waals surface area contributed by atoms with E-state index < -0.39 is 0 Å². The lowest BCUT2D eigenvalue weighted by molar-refractivity contribution is -0.384. The lowest BCUT2D eigenvalue weighted by Crippen LogP contribution is -2.34. The fourth-order valence-electron chi connectivity index (χ4n) is 6.03. The third kappa shape index (κ3) is 4.95. The van der Waals surface area contributed by atoms with Crippen molar-refractivity contribution in [2.24, 2.45) is 5.92 Å². The van der Waals surface area contributed by atoms with Crippen LogP contribution in [-0.4, -0.2) is 47.5 Å². The first-order chi connectivity index (χ1) is 19.4. The summed E-state index contributed by atoms with van der Waals surface area (Å²) < 4.78 is 0. The van der Waals surface area contributed by atoms with Crippen LogP contribution in [0.25, 0.3) is 22.0 Å². The topological polar surface area (TPSA) is 113 Å². The van der Waals surface area contributed by atoms with Crippen molar-refractivity contribution >= 4 is 34.3 Å². The molecule has 0 atom stereocenters. The van der Waals surface area contributed by atoms with Gasteiger partial charge >= 0.3 is 0 Å². The van der Waals surface area contributed by atoms with Gasteiger partial charge in [0.2, 0.25) is 5.95 Å². The predicted molar refractivity (Wildman–Crippen MR) is 157 cm³/mol. The minimum atomic E-state index is -0.378. The normalized spacial score (nSPS) is 17.6. The number of hydrogen-bond acceptors (Lipinski definition) is 7. The van der Waals surface area contributed by atoms with E-state index in [0.717, 1.165) is 64.7 Å². The van der Waals surface area contributed by atoms with Crippen molar-refractivity contribution in [3.63, 3.8) is 0 Å². The summed E-state index contributed by atoms with van der Waals surface area (Å²) in [7, 11) is 3.99. The number of fused-ring (bicyclic) bond motifs is 4. The highest BCUT2D eigenvalue weighted by Gasteiger charge is 2.27. The van der Waals surface area contributed by atoms with Gasteiger partial charge in [0.05, 0.1) is 10.4 Å². The van der Waals surface area contributed by atoms with Crippen LogP contribution in [0, 0.1) is 16.0 Å². The number of non-ortho nitro benzene ring substituents is 1. The van der Waals surface area contributed by atoms with Gasteiger partial charge in [-0.15, -0.1) is 0 Å². The molecule has 9 nitrogen and oxygen atoms in total. The van der Waals surface area contributed by atoms with Crippen LogP contribution in [0.3, 0.4) is 0 Å². The monoisotopic (exact) mass is 536 g/mol. The molecule has 0 aliphatic heterocycles. The van der Waals surface area contributed by atoms with E-state index in [0.29, 0.717) is 36.4 Å². The first-order valence-electron chi connectivity index (χ1n) is 13.8. The zero-order chi connectivity index (χ0) is 27.8. The summed E-state index contributed by atoms with van der Waals surface area (Å²) in [5, 5.41) is 19.0. The molecule has 6 rings (SSSR count). The molecular formula is C31H32N6O3. The molecule has 1 amide bonds. The van der Waals surface area contributed by atoms with Gasteiger partial charge in [-0.1, -0.05) is 24.3 Å². The zero-order valence-electron chi connectivity index (χ0n) is 22.7. The molecule has 1 saturated carbocycles. The Morgan fingerprint density at radius 1 is 1.00 bits per heavy atom. The predicted octanol–water partition coefficient (Wildman–Crippen LogP) is 5.58. The number of hydrogen-bond donors (Lipinski definition) is 2. The molecule has 1 aromatic heterocycles. The van der Waals surface area contributed by atoms with Crippen molar-refractivity contribution in [3.8, 4) is 11.1 Å². The lowest BCUT2D eigenvalue weighted by Gasteiger charge is -2.29. The average Bonchev–Trinajstić information content (AvgIpc) is 3.34. The van der Waals surface area contributed by atoms with Crippen LogP contribution in [0.5, 0.6) is 0 Å². The van der Waals surface area contributed by atoms with E-state index in [1.54, 1.807) is 12.1 Å². The number of carbonyl (C=O) groups excluding carboxylic acids is 1. The van der Waals surface area contributed by atoms with Crippen LogP contribution in [0.15, 0.2) is 60.7 Å². The van der Waals surface area contributed by atoms with Gasteiger partial charge < -0.3 is 15.5 Å². The maximum atomic E-state index is 13.3. The lowest BCUT2D eigenvalue weighted by atomic mass is 9.86. The van der Waals surface area contributed by atoms with E-state index in [9.17, 15) is 14.9 Å². The van der Waals surface area contributed by atoms with Crippen LogP contribution in [-0.2, 0) is 6.42 Å². The molecule has 1 heterocycles. The van der Waals surface area contributed by atoms with Gasteiger partial charge in [0.15, 0.2) is 0 Å². The summed E-state index contributed by atoms with van der Waals surface area (Å²) in [6.45, 7) is 0.625. The molecule has 0 spiro atoms. The van der Waals surface area contributed by atoms with Crippen molar-refractivity contribution in [1.29, 1.82) is 0 Å². The molecule has 2 N–H and O–H groups in total. The second-order valence-electron chi connectivity index (χ2n) is 11.0. The van der Waals surface area contributed by atoms with E-state index in [-0.39, 0.29) is 16.5 Å². The molecular weight excluding hydrogens is 504 g/mol. The first kappa shape index (κ1) is 25.7. The number of para-hydroxylation sites is 1. The quantitative estimate of drug-likeness (QED) is 0.206. The zero-order valence-corrected chi connectivity index (χ0v) is 22.7. The Morgan fingerprint density at radius 3 is 2.58 bits per heavy atom. The molecule has 1 fully saturated rings. The number of rotatable bonds is 7. The SMILES string of the molecule is CN(C)c1nc(NC2CCC(CNC(=O)c3cccc4c3-c3ccc([N+](=O)[O-])cc3C4)CC2)nc2ccccc12. The smallest absolute Gasteiger partial charge is 0.269 e. The molecule has 2 aliphatic carbocycles. The number of aromatic nitrogens is 2. The fourth-order valence-corrected chi connectivity index (χ4v) is 6.03. The van der Waals surface area contributed by atoms with Gasteiger partial charge in [0.1, 0.15) is 5.82 Å². The second kappa shape index (κ2) is 10.6. The highest BCUT2D eigenvalue weighted by molar-refractivity contribution is 6.03. The number of nitro benzene ring substituents is 1. The third-order valence-electron chi connectivity index (χ3n) is 8.08. The van der Waals surface area contributed by atoms with E-state index in [1.807, 2.05) is 61.5 Å². The summed E-state index contributed by atoms with van der Waals surface area (Å²) >= 11 is 0. The Kier molecular flexibility index (Phi) is 6.79. The van der Waals surface area contributed by atoms with E-state index in [2.05, 4.69) is 10.6 Å². The number of nitro groups is 1. The molecule has 0 radical (unpaired) electrons. The summed E-state index contributed by atoms with van der Waals surface area (Å²) in [5.41, 5.74) is 5.36. The molecule has 2 aliphatic rings. The highest BCUT2D eigenvalue weighted by atomic mass is 16.6. The van der Waals surface area contributed by atoms with Crippen molar-refractivity contribution in [2.45, 2.75) is 38.1 Å². The number of anilines is 2. The number of nitrogens with zero attached hydrogens (tertiary/aromatic N) is 4. The minimum Gasteiger partial charge on any atom is -0.362 e. The van der Waals surface area contributed by atoms with E-state index >= 15 is 0 Å². The van der Waals surface area contributed by atoms with Gasteiger partial charge in [-0.05, 0) is 84.5 Å². The van der Waals surface area contributed by atoms with Crippen LogP contribution < -0.4 is 15.5 Å². The van der Waals surface area contributed by atoms with Crippen molar-refractivity contribution in [3.05, 3.63) is 87.5 Å². The molecule has 3 aromatic carbocycles. The summed E-state index contributed by atoms with van der Waals surface area (Å²) in [6.07, 6.45) is 4.58. The number of carbonyl (C=O) groups is 1. The molecule has 0 saturated heterocycles. The molecule has 0 unspecified atom stereocenters. The Balaban J connectivity index is 1.07. The van der Waals surface area contributed by atoms with Gasteiger partial charge in [0.25, 0.3) is 11.6 Å². The minimum absolute atomic E-state index is 0.0768. The highest BCUT2D eigenvalue weighted by Crippen LogP contribution is 2.40. The van der Waals surface area contributed by atoms with Crippen molar-refractivity contribution in [1.82, 2.24) is 15.3 Å². The van der Waals surface area contributed by atoms with Crippen LogP contribution in [0.1, 0.15) is 47.2 Å². The standard InChI is InChI=1S/C31H32N6O3/c1-36(2)29-25-7-3-4-9-27(25)34-31(35-29)33-22-12-10-19(11-13-22)18-32-30(38)26-8-5-6-20-16-21-17-23(37(39)40)14-15-24(21)28(20)26/h3-9,14-15,17,19,22H,10-13,16,18H2,1-2H3,(H,32,38)(H,33,34,35). The fraction of sp³-hybridized carbons (Fsp3) is 0.323. The molecule has 4 aromatic rings. The largest absolute Gasteiger partial charge is 0.362 e. The van der Waals surface area contributed by atoms with E-state index in [1.165, 1.54) is 6.07 Å². The number of nitrogens with one attached hydrogen (secondary N) is 2. The van der Waals surface area contributed by atoms with E-state index in [4.69, 9.17) is 9.97 Å².